The fourth-order valence-corrected chi connectivity index (χ4v) is 3.86. The van der Waals surface area contributed by atoms with Gasteiger partial charge in [0.1, 0.15) is 0 Å². The van der Waals surface area contributed by atoms with Crippen molar-refractivity contribution in [2.45, 2.75) is 24.4 Å². The minimum Gasteiger partial charge on any atom is -0.303 e. The third-order valence-electron chi connectivity index (χ3n) is 2.90. The van der Waals surface area contributed by atoms with Crippen LogP contribution in [-0.4, -0.2) is 10.7 Å². The molecule has 1 aromatic carbocycles. The van der Waals surface area contributed by atoms with Crippen LogP contribution in [0.1, 0.15) is 22.3 Å². The molecule has 0 radical (unpaired) electrons. The number of hydrogen-bond acceptors (Lipinski definition) is 4. The molecule has 1 aromatic heterocycles. The van der Waals surface area contributed by atoms with Gasteiger partial charge in [-0.25, -0.2) is 4.98 Å². The molecule has 0 aliphatic carbocycles. The maximum Gasteiger partial charge on any atom is 0.0897 e. The largest absolute Gasteiger partial charge is 0.303 e. The fourth-order valence-electron chi connectivity index (χ4n) is 2.05. The molecule has 2 heterocycles. The van der Waals surface area contributed by atoms with Gasteiger partial charge in [-0.1, -0.05) is 18.2 Å². The summed E-state index contributed by atoms with van der Waals surface area (Å²) in [5.74, 6) is 1.13. The van der Waals surface area contributed by atoms with Gasteiger partial charge in [0.25, 0.3) is 0 Å². The molecule has 0 amide bonds. The van der Waals surface area contributed by atoms with Gasteiger partial charge in [0.2, 0.25) is 0 Å². The molecule has 0 bridgehead atoms. The monoisotopic (exact) mass is 262 g/mol. The Hall–Kier alpha value is -0.840. The minimum absolute atomic E-state index is 0.471. The van der Waals surface area contributed by atoms with Crippen molar-refractivity contribution in [2.75, 3.05) is 5.75 Å². The molecule has 88 valence electrons. The summed E-state index contributed by atoms with van der Waals surface area (Å²) >= 11 is 3.65. The molecule has 1 aliphatic rings. The number of thioether (sulfide) groups is 1. The zero-order valence-electron chi connectivity index (χ0n) is 9.64. The van der Waals surface area contributed by atoms with E-state index in [2.05, 4.69) is 46.9 Å². The quantitative estimate of drug-likeness (QED) is 0.918. The lowest BCUT2D eigenvalue weighted by Crippen LogP contribution is -2.20. The van der Waals surface area contributed by atoms with E-state index in [-0.39, 0.29) is 0 Å². The SMILES string of the molecule is Cc1nc(CNC2CSc3ccccc32)cs1. The van der Waals surface area contributed by atoms with Gasteiger partial charge in [0, 0.05) is 28.6 Å². The number of nitrogens with one attached hydrogen (secondary N) is 1. The summed E-state index contributed by atoms with van der Waals surface area (Å²) in [4.78, 5) is 5.89. The Morgan fingerprint density at radius 3 is 3.12 bits per heavy atom. The molecule has 17 heavy (non-hydrogen) atoms. The van der Waals surface area contributed by atoms with Crippen LogP contribution in [0, 0.1) is 6.92 Å². The zero-order valence-corrected chi connectivity index (χ0v) is 11.3. The Morgan fingerprint density at radius 1 is 1.41 bits per heavy atom. The average Bonchev–Trinajstić information content (AvgIpc) is 2.93. The molecule has 0 saturated heterocycles. The van der Waals surface area contributed by atoms with Crippen LogP contribution in [0.5, 0.6) is 0 Å². The second-order valence-electron chi connectivity index (χ2n) is 4.14. The molecule has 2 nitrogen and oxygen atoms in total. The van der Waals surface area contributed by atoms with Crippen molar-refractivity contribution < 1.29 is 0 Å². The molecule has 1 N–H and O–H groups in total. The Labute approximate surface area is 109 Å². The first-order chi connectivity index (χ1) is 8.33. The summed E-state index contributed by atoms with van der Waals surface area (Å²) in [6.07, 6.45) is 0. The Balaban J connectivity index is 1.68. The van der Waals surface area contributed by atoms with Crippen LogP contribution in [0.3, 0.4) is 0 Å². The van der Waals surface area contributed by atoms with E-state index in [0.29, 0.717) is 6.04 Å². The van der Waals surface area contributed by atoms with Crippen molar-refractivity contribution >= 4 is 23.1 Å². The smallest absolute Gasteiger partial charge is 0.0897 e. The number of nitrogens with zero attached hydrogens (tertiary/aromatic N) is 1. The van der Waals surface area contributed by atoms with Crippen LogP contribution in [-0.2, 0) is 6.54 Å². The van der Waals surface area contributed by atoms with Crippen LogP contribution < -0.4 is 5.32 Å². The first-order valence-electron chi connectivity index (χ1n) is 5.69. The lowest BCUT2D eigenvalue weighted by molar-refractivity contribution is 0.577. The highest BCUT2D eigenvalue weighted by atomic mass is 32.2. The number of aryl methyl sites for hydroxylation is 1. The molecular formula is C13H14N2S2. The van der Waals surface area contributed by atoms with Gasteiger partial charge in [0.15, 0.2) is 0 Å². The predicted octanol–water partition coefficient (Wildman–Crippen LogP) is 3.39. The number of aromatic nitrogens is 1. The molecule has 1 aliphatic heterocycles. The Kier molecular flexibility index (Phi) is 3.18. The molecule has 3 rings (SSSR count). The normalized spacial score (nSPS) is 18.3. The lowest BCUT2D eigenvalue weighted by Gasteiger charge is -2.11. The van der Waals surface area contributed by atoms with E-state index in [1.165, 1.54) is 10.5 Å². The third kappa shape index (κ3) is 2.39. The maximum absolute atomic E-state index is 4.48. The first kappa shape index (κ1) is 11.3. The van der Waals surface area contributed by atoms with E-state index in [1.807, 2.05) is 11.8 Å². The van der Waals surface area contributed by atoms with Gasteiger partial charge < -0.3 is 5.32 Å². The lowest BCUT2D eigenvalue weighted by atomic mass is 10.1. The summed E-state index contributed by atoms with van der Waals surface area (Å²) in [5.41, 5.74) is 2.59. The summed E-state index contributed by atoms with van der Waals surface area (Å²) < 4.78 is 0. The molecule has 4 heteroatoms. The topological polar surface area (TPSA) is 24.9 Å². The highest BCUT2D eigenvalue weighted by Crippen LogP contribution is 2.37. The summed E-state index contributed by atoms with van der Waals surface area (Å²) in [5, 5.41) is 6.87. The standard InChI is InChI=1S/C13H14N2S2/c1-9-15-10(7-16-9)6-14-12-8-17-13-5-3-2-4-11(12)13/h2-5,7,12,14H,6,8H2,1H3. The average molecular weight is 262 g/mol. The second-order valence-corrected chi connectivity index (χ2v) is 6.26. The minimum atomic E-state index is 0.471. The van der Waals surface area contributed by atoms with Crippen LogP contribution in [0.15, 0.2) is 34.5 Å². The number of hydrogen-bond donors (Lipinski definition) is 1. The molecule has 0 spiro atoms. The maximum atomic E-state index is 4.48. The van der Waals surface area contributed by atoms with Crippen molar-refractivity contribution in [3.8, 4) is 0 Å². The summed E-state index contributed by atoms with van der Waals surface area (Å²) in [6, 6.07) is 9.12. The van der Waals surface area contributed by atoms with Crippen molar-refractivity contribution in [1.29, 1.82) is 0 Å². The fraction of sp³-hybridized carbons (Fsp3) is 0.308. The van der Waals surface area contributed by atoms with Gasteiger partial charge in [-0.05, 0) is 18.6 Å². The number of benzene rings is 1. The highest BCUT2D eigenvalue weighted by Gasteiger charge is 2.21. The molecule has 0 saturated carbocycles. The van der Waals surface area contributed by atoms with Crippen LogP contribution in [0.25, 0.3) is 0 Å². The zero-order chi connectivity index (χ0) is 11.7. The summed E-state index contributed by atoms with van der Waals surface area (Å²) in [7, 11) is 0. The van der Waals surface area contributed by atoms with E-state index in [4.69, 9.17) is 0 Å². The van der Waals surface area contributed by atoms with Crippen molar-refractivity contribution in [1.82, 2.24) is 10.3 Å². The summed E-state index contributed by atoms with van der Waals surface area (Å²) in [6.45, 7) is 2.92. The van der Waals surface area contributed by atoms with Crippen molar-refractivity contribution in [3.63, 3.8) is 0 Å². The van der Waals surface area contributed by atoms with Gasteiger partial charge in [-0.2, -0.15) is 0 Å². The van der Waals surface area contributed by atoms with Crippen LogP contribution >= 0.6 is 23.1 Å². The van der Waals surface area contributed by atoms with E-state index in [9.17, 15) is 0 Å². The van der Waals surface area contributed by atoms with Gasteiger partial charge in [-0.3, -0.25) is 0 Å². The molecule has 1 unspecified atom stereocenters. The van der Waals surface area contributed by atoms with Gasteiger partial charge in [0.05, 0.1) is 10.7 Å². The Bertz CT molecular complexity index is 522. The van der Waals surface area contributed by atoms with E-state index in [1.54, 1.807) is 11.3 Å². The van der Waals surface area contributed by atoms with E-state index >= 15 is 0 Å². The number of rotatable bonds is 3. The first-order valence-corrected chi connectivity index (χ1v) is 7.55. The Morgan fingerprint density at radius 2 is 2.29 bits per heavy atom. The van der Waals surface area contributed by atoms with Gasteiger partial charge >= 0.3 is 0 Å². The molecular weight excluding hydrogens is 248 g/mol. The van der Waals surface area contributed by atoms with Gasteiger partial charge in [-0.15, -0.1) is 23.1 Å². The van der Waals surface area contributed by atoms with Crippen LogP contribution in [0.2, 0.25) is 0 Å². The second kappa shape index (κ2) is 4.80. The number of fused-ring (bicyclic) bond motifs is 1. The highest BCUT2D eigenvalue weighted by molar-refractivity contribution is 7.99. The molecule has 0 fully saturated rings. The predicted molar refractivity (Wildman–Crippen MR) is 73.6 cm³/mol. The third-order valence-corrected chi connectivity index (χ3v) is 4.90. The van der Waals surface area contributed by atoms with Crippen molar-refractivity contribution in [3.05, 3.63) is 45.9 Å². The van der Waals surface area contributed by atoms with E-state index in [0.717, 1.165) is 23.0 Å². The van der Waals surface area contributed by atoms with E-state index < -0.39 is 0 Å². The van der Waals surface area contributed by atoms with Crippen molar-refractivity contribution in [2.24, 2.45) is 0 Å². The van der Waals surface area contributed by atoms with Crippen LogP contribution in [0.4, 0.5) is 0 Å². The molecule has 1 atom stereocenters. The number of thiazole rings is 1. The molecule has 2 aromatic rings.